The third-order valence-corrected chi connectivity index (χ3v) is 5.97. The van der Waals surface area contributed by atoms with E-state index in [1.807, 2.05) is 26.0 Å². The van der Waals surface area contributed by atoms with E-state index in [2.05, 4.69) is 11.1 Å². The zero-order chi connectivity index (χ0) is 17.4. The van der Waals surface area contributed by atoms with E-state index in [9.17, 15) is 9.90 Å². The third kappa shape index (κ3) is 3.05. The van der Waals surface area contributed by atoms with Crippen molar-refractivity contribution in [1.29, 1.82) is 0 Å². The Labute approximate surface area is 146 Å². The number of carboxylic acids is 1. The first-order valence-corrected chi connectivity index (χ1v) is 9.01. The number of fused-ring (bicyclic) bond motifs is 1. The van der Waals surface area contributed by atoms with Crippen molar-refractivity contribution in [3.05, 3.63) is 58.2 Å². The molecule has 1 unspecified atom stereocenters. The van der Waals surface area contributed by atoms with Crippen molar-refractivity contribution in [3.63, 3.8) is 0 Å². The highest BCUT2D eigenvalue weighted by Gasteiger charge is 2.26. The van der Waals surface area contributed by atoms with Crippen LogP contribution in [0.15, 0.2) is 36.4 Å². The van der Waals surface area contributed by atoms with Gasteiger partial charge in [0.05, 0.1) is 8.15 Å². The SMILES string of the molecule is COP(c1cc(C)cc(C)c1)c1c(C(=O)O)[nH]c2ccc(Cl)cc12. The standard InChI is InChI=1S/C18H17ClNO3P/c1-10-6-11(2)8-13(7-10)24(23-3)17-14-9-12(19)4-5-15(14)20-16(17)18(21)22/h4-9,20H,1-3H3,(H,21,22). The first-order chi connectivity index (χ1) is 11.4. The molecular formula is C18H17ClNO3P. The number of hydrogen-bond donors (Lipinski definition) is 2. The van der Waals surface area contributed by atoms with Crippen molar-refractivity contribution in [2.45, 2.75) is 13.8 Å². The summed E-state index contributed by atoms with van der Waals surface area (Å²) in [6.45, 7) is 4.04. The number of H-pyrrole nitrogens is 1. The van der Waals surface area contributed by atoms with Crippen molar-refractivity contribution >= 4 is 47.2 Å². The molecule has 6 heteroatoms. The summed E-state index contributed by atoms with van der Waals surface area (Å²) in [5, 5.41) is 12.6. The largest absolute Gasteiger partial charge is 0.477 e. The van der Waals surface area contributed by atoms with E-state index in [4.69, 9.17) is 16.1 Å². The van der Waals surface area contributed by atoms with Crippen LogP contribution in [0.2, 0.25) is 5.02 Å². The Morgan fingerprint density at radius 3 is 2.42 bits per heavy atom. The van der Waals surface area contributed by atoms with E-state index in [0.29, 0.717) is 10.3 Å². The van der Waals surface area contributed by atoms with Crippen LogP contribution in [-0.2, 0) is 4.52 Å². The average molecular weight is 362 g/mol. The van der Waals surface area contributed by atoms with Crippen LogP contribution in [0.4, 0.5) is 0 Å². The molecule has 1 aromatic heterocycles. The normalized spacial score (nSPS) is 12.5. The van der Waals surface area contributed by atoms with Gasteiger partial charge in [-0.2, -0.15) is 0 Å². The van der Waals surface area contributed by atoms with Gasteiger partial charge in [0.1, 0.15) is 5.69 Å². The fourth-order valence-electron chi connectivity index (χ4n) is 2.91. The highest BCUT2D eigenvalue weighted by atomic mass is 35.5. The van der Waals surface area contributed by atoms with Crippen molar-refractivity contribution < 1.29 is 14.4 Å². The van der Waals surface area contributed by atoms with Crippen LogP contribution in [0.1, 0.15) is 21.6 Å². The Morgan fingerprint density at radius 2 is 1.83 bits per heavy atom. The van der Waals surface area contributed by atoms with Gasteiger partial charge in [-0.25, -0.2) is 4.79 Å². The number of carboxylic acid groups (broad SMARTS) is 1. The van der Waals surface area contributed by atoms with Gasteiger partial charge in [0.25, 0.3) is 0 Å². The second-order valence-corrected chi connectivity index (χ2v) is 8.02. The van der Waals surface area contributed by atoms with E-state index in [1.165, 1.54) is 0 Å². The number of aryl methyl sites for hydroxylation is 2. The number of nitrogens with one attached hydrogen (secondary N) is 1. The number of aromatic nitrogens is 1. The molecule has 0 aliphatic rings. The van der Waals surface area contributed by atoms with Crippen molar-refractivity contribution in [3.8, 4) is 0 Å². The van der Waals surface area contributed by atoms with Crippen LogP contribution in [0.25, 0.3) is 10.9 Å². The molecule has 0 saturated carbocycles. The molecule has 0 saturated heterocycles. The van der Waals surface area contributed by atoms with Crippen LogP contribution >= 0.6 is 19.7 Å². The third-order valence-electron chi connectivity index (χ3n) is 3.77. The molecule has 3 aromatic rings. The first kappa shape index (κ1) is 17.0. The molecule has 2 N–H and O–H groups in total. The summed E-state index contributed by atoms with van der Waals surface area (Å²) in [5.74, 6) is -1.01. The van der Waals surface area contributed by atoms with Gasteiger partial charge >= 0.3 is 5.97 Å². The minimum absolute atomic E-state index is 0.152. The number of rotatable bonds is 4. The molecule has 3 rings (SSSR count). The molecule has 0 amide bonds. The van der Waals surface area contributed by atoms with E-state index in [0.717, 1.165) is 27.3 Å². The molecule has 0 bridgehead atoms. The van der Waals surface area contributed by atoms with Gasteiger partial charge in [-0.15, -0.1) is 0 Å². The summed E-state index contributed by atoms with van der Waals surface area (Å²) in [7, 11) is 0.329. The number of halogens is 1. The highest BCUT2D eigenvalue weighted by molar-refractivity contribution is 7.69. The Morgan fingerprint density at radius 1 is 1.17 bits per heavy atom. The van der Waals surface area contributed by atoms with Gasteiger partial charge in [-0.1, -0.05) is 28.8 Å². The van der Waals surface area contributed by atoms with Gasteiger partial charge in [0.15, 0.2) is 0 Å². The average Bonchev–Trinajstić information content (AvgIpc) is 2.86. The first-order valence-electron chi connectivity index (χ1n) is 7.37. The van der Waals surface area contributed by atoms with Crippen LogP contribution in [0, 0.1) is 13.8 Å². The second kappa shape index (κ2) is 6.56. The zero-order valence-corrected chi connectivity index (χ0v) is 15.2. The smallest absolute Gasteiger partial charge is 0.353 e. The predicted octanol–water partition coefficient (Wildman–Crippen LogP) is 4.13. The lowest BCUT2D eigenvalue weighted by Gasteiger charge is -2.17. The molecule has 0 radical (unpaired) electrons. The predicted molar refractivity (Wildman–Crippen MR) is 99.4 cm³/mol. The van der Waals surface area contributed by atoms with Crippen molar-refractivity contribution in [1.82, 2.24) is 4.98 Å². The van der Waals surface area contributed by atoms with Gasteiger partial charge in [0.2, 0.25) is 0 Å². The fourth-order valence-corrected chi connectivity index (χ4v) is 5.13. The fraction of sp³-hybridized carbons (Fsp3) is 0.167. The maximum Gasteiger partial charge on any atom is 0.353 e. The van der Waals surface area contributed by atoms with Crippen LogP contribution < -0.4 is 10.6 Å². The van der Waals surface area contributed by atoms with E-state index < -0.39 is 14.1 Å². The van der Waals surface area contributed by atoms with Crippen LogP contribution in [0.3, 0.4) is 0 Å². The molecule has 2 aromatic carbocycles. The van der Waals surface area contributed by atoms with Crippen LogP contribution in [-0.4, -0.2) is 23.2 Å². The minimum atomic E-state index is -1.28. The van der Waals surface area contributed by atoms with E-state index in [-0.39, 0.29) is 5.69 Å². The Hall–Kier alpha value is -1.87. The van der Waals surface area contributed by atoms with Gasteiger partial charge in [0, 0.05) is 33.6 Å². The summed E-state index contributed by atoms with van der Waals surface area (Å²) in [4.78, 5) is 14.7. The van der Waals surface area contributed by atoms with E-state index in [1.54, 1.807) is 25.3 Å². The molecule has 1 heterocycles. The number of hydrogen-bond acceptors (Lipinski definition) is 2. The summed E-state index contributed by atoms with van der Waals surface area (Å²) >= 11 is 6.13. The summed E-state index contributed by atoms with van der Waals surface area (Å²) in [6.07, 6.45) is 0. The topological polar surface area (TPSA) is 62.3 Å². The van der Waals surface area contributed by atoms with E-state index >= 15 is 0 Å². The molecule has 0 fully saturated rings. The Bertz CT molecular complexity index is 915. The maximum absolute atomic E-state index is 11.8. The zero-order valence-electron chi connectivity index (χ0n) is 13.6. The Balaban J connectivity index is 2.30. The molecule has 0 spiro atoms. The van der Waals surface area contributed by atoms with Gasteiger partial charge in [-0.05, 0) is 44.2 Å². The number of benzene rings is 2. The van der Waals surface area contributed by atoms with Crippen LogP contribution in [0.5, 0.6) is 0 Å². The molecule has 124 valence electrons. The van der Waals surface area contributed by atoms with Gasteiger partial charge < -0.3 is 14.6 Å². The molecule has 0 aliphatic heterocycles. The molecular weight excluding hydrogens is 345 g/mol. The molecule has 0 aliphatic carbocycles. The lowest BCUT2D eigenvalue weighted by molar-refractivity contribution is 0.0693. The summed E-state index contributed by atoms with van der Waals surface area (Å²) < 4.78 is 5.77. The lowest BCUT2D eigenvalue weighted by atomic mass is 10.2. The maximum atomic E-state index is 11.8. The number of carbonyl (C=O) groups is 1. The van der Waals surface area contributed by atoms with Crippen molar-refractivity contribution in [2.75, 3.05) is 7.11 Å². The quantitative estimate of drug-likeness (QED) is 0.687. The lowest BCUT2D eigenvalue weighted by Crippen LogP contribution is -2.19. The number of aromatic carboxylic acids is 1. The summed E-state index contributed by atoms with van der Waals surface area (Å²) in [5.41, 5.74) is 3.12. The second-order valence-electron chi connectivity index (χ2n) is 5.67. The molecule has 4 nitrogen and oxygen atoms in total. The minimum Gasteiger partial charge on any atom is -0.477 e. The Kier molecular flexibility index (Phi) is 4.64. The van der Waals surface area contributed by atoms with Crippen molar-refractivity contribution in [2.24, 2.45) is 0 Å². The molecule has 24 heavy (non-hydrogen) atoms. The monoisotopic (exact) mass is 361 g/mol. The molecule has 1 atom stereocenters. The highest BCUT2D eigenvalue weighted by Crippen LogP contribution is 2.39. The number of aromatic amines is 1. The van der Waals surface area contributed by atoms with Gasteiger partial charge in [-0.3, -0.25) is 0 Å². The summed E-state index contributed by atoms with van der Waals surface area (Å²) in [6, 6.07) is 11.5.